The first-order valence-corrected chi connectivity index (χ1v) is 6.61. The van der Waals surface area contributed by atoms with E-state index in [-0.39, 0.29) is 5.75 Å². The summed E-state index contributed by atoms with van der Waals surface area (Å²) in [6, 6.07) is 12.6. The van der Waals surface area contributed by atoms with E-state index in [1.165, 1.54) is 19.4 Å². The zero-order valence-corrected chi connectivity index (χ0v) is 12.2. The summed E-state index contributed by atoms with van der Waals surface area (Å²) in [4.78, 5) is 11.9. The van der Waals surface area contributed by atoms with Crippen LogP contribution in [0.1, 0.15) is 15.9 Å². The molecule has 0 heterocycles. The van der Waals surface area contributed by atoms with Crippen molar-refractivity contribution < 1.29 is 23.0 Å². The fourth-order valence-electron chi connectivity index (χ4n) is 1.76. The lowest BCUT2D eigenvalue weighted by Gasteiger charge is -2.07. The van der Waals surface area contributed by atoms with E-state index in [0.717, 1.165) is 0 Å². The van der Waals surface area contributed by atoms with E-state index in [9.17, 15) is 13.6 Å². The number of para-hydroxylation sites is 1. The molecule has 7 heteroatoms. The highest BCUT2D eigenvalue weighted by atomic mass is 19.3. The quantitative estimate of drug-likeness (QED) is 0.657. The number of amides is 1. The SMILES string of the molecule is COc1ccc(C(=O)N/N=C\c2ccccc2OC(F)F)cc1. The number of hydrazone groups is 1. The van der Waals surface area contributed by atoms with Crippen molar-refractivity contribution in [3.63, 3.8) is 0 Å². The van der Waals surface area contributed by atoms with Crippen molar-refractivity contribution in [1.82, 2.24) is 5.43 Å². The Morgan fingerprint density at radius 2 is 1.87 bits per heavy atom. The van der Waals surface area contributed by atoms with Gasteiger partial charge >= 0.3 is 6.61 Å². The minimum Gasteiger partial charge on any atom is -0.497 e. The molecule has 0 fully saturated rings. The molecule has 2 aromatic carbocycles. The molecule has 0 aliphatic rings. The number of alkyl halides is 2. The zero-order chi connectivity index (χ0) is 16.7. The molecule has 0 aliphatic carbocycles. The van der Waals surface area contributed by atoms with Crippen LogP contribution in [-0.4, -0.2) is 25.8 Å². The van der Waals surface area contributed by atoms with Crippen LogP contribution in [0, 0.1) is 0 Å². The van der Waals surface area contributed by atoms with Crippen molar-refractivity contribution in [2.75, 3.05) is 7.11 Å². The number of nitrogens with zero attached hydrogens (tertiary/aromatic N) is 1. The highest BCUT2D eigenvalue weighted by molar-refractivity contribution is 5.95. The van der Waals surface area contributed by atoms with E-state index in [2.05, 4.69) is 15.3 Å². The Labute approximate surface area is 131 Å². The van der Waals surface area contributed by atoms with Crippen molar-refractivity contribution in [1.29, 1.82) is 0 Å². The molecule has 120 valence electrons. The molecule has 0 aromatic heterocycles. The summed E-state index contributed by atoms with van der Waals surface area (Å²) in [5.74, 6) is 0.171. The number of hydrogen-bond donors (Lipinski definition) is 1. The molecule has 0 spiro atoms. The minimum absolute atomic E-state index is 0.0232. The van der Waals surface area contributed by atoms with E-state index in [4.69, 9.17) is 4.74 Å². The Hall–Kier alpha value is -2.96. The predicted molar refractivity (Wildman–Crippen MR) is 81.1 cm³/mol. The van der Waals surface area contributed by atoms with Gasteiger partial charge in [0.15, 0.2) is 0 Å². The van der Waals surface area contributed by atoms with E-state index in [1.807, 2.05) is 0 Å². The van der Waals surface area contributed by atoms with Crippen molar-refractivity contribution >= 4 is 12.1 Å². The zero-order valence-electron chi connectivity index (χ0n) is 12.2. The molecule has 0 radical (unpaired) electrons. The number of carbonyl (C=O) groups excluding carboxylic acids is 1. The Morgan fingerprint density at radius 3 is 2.52 bits per heavy atom. The number of methoxy groups -OCH3 is 1. The molecule has 5 nitrogen and oxygen atoms in total. The number of rotatable bonds is 6. The van der Waals surface area contributed by atoms with Gasteiger partial charge in [-0.15, -0.1) is 0 Å². The second-order valence-corrected chi connectivity index (χ2v) is 4.34. The minimum atomic E-state index is -2.93. The molecule has 0 atom stereocenters. The van der Waals surface area contributed by atoms with Gasteiger partial charge in [0.25, 0.3) is 5.91 Å². The normalized spacial score (nSPS) is 10.8. The molecule has 1 N–H and O–H groups in total. The average molecular weight is 320 g/mol. The Balaban J connectivity index is 2.02. The Kier molecular flexibility index (Phi) is 5.62. The molecule has 0 bridgehead atoms. The summed E-state index contributed by atoms with van der Waals surface area (Å²) < 4.78 is 33.9. The van der Waals surface area contributed by atoms with Crippen molar-refractivity contribution in [2.24, 2.45) is 5.10 Å². The summed E-state index contributed by atoms with van der Waals surface area (Å²) in [5, 5.41) is 3.75. The fraction of sp³-hybridized carbons (Fsp3) is 0.125. The van der Waals surface area contributed by atoms with Gasteiger partial charge in [0.1, 0.15) is 11.5 Å². The fourth-order valence-corrected chi connectivity index (χ4v) is 1.76. The smallest absolute Gasteiger partial charge is 0.387 e. The molecule has 23 heavy (non-hydrogen) atoms. The third-order valence-electron chi connectivity index (χ3n) is 2.86. The molecule has 2 rings (SSSR count). The van der Waals surface area contributed by atoms with Gasteiger partial charge in [-0.3, -0.25) is 4.79 Å². The summed E-state index contributed by atoms with van der Waals surface area (Å²) in [6.07, 6.45) is 1.24. The first-order valence-electron chi connectivity index (χ1n) is 6.61. The maximum atomic E-state index is 12.3. The molecule has 0 saturated carbocycles. The van der Waals surface area contributed by atoms with Crippen molar-refractivity contribution in [3.05, 3.63) is 59.7 Å². The third-order valence-corrected chi connectivity index (χ3v) is 2.86. The van der Waals surface area contributed by atoms with Crippen LogP contribution in [0.25, 0.3) is 0 Å². The molecule has 0 saturated heterocycles. The average Bonchev–Trinajstić information content (AvgIpc) is 2.56. The number of ether oxygens (including phenoxy) is 2. The molecular formula is C16H14F2N2O3. The van der Waals surface area contributed by atoms with E-state index < -0.39 is 12.5 Å². The van der Waals surface area contributed by atoms with Crippen LogP contribution in [0.2, 0.25) is 0 Å². The topological polar surface area (TPSA) is 59.9 Å². The van der Waals surface area contributed by atoms with Crippen LogP contribution >= 0.6 is 0 Å². The van der Waals surface area contributed by atoms with E-state index in [1.54, 1.807) is 42.5 Å². The van der Waals surface area contributed by atoms with Gasteiger partial charge in [0.05, 0.1) is 13.3 Å². The van der Waals surface area contributed by atoms with Crippen molar-refractivity contribution in [2.45, 2.75) is 6.61 Å². The Morgan fingerprint density at radius 1 is 1.17 bits per heavy atom. The van der Waals surface area contributed by atoms with Crippen LogP contribution in [-0.2, 0) is 0 Å². The van der Waals surface area contributed by atoms with Gasteiger partial charge in [0.2, 0.25) is 0 Å². The summed E-state index contributed by atoms with van der Waals surface area (Å²) in [7, 11) is 1.53. The maximum Gasteiger partial charge on any atom is 0.387 e. The van der Waals surface area contributed by atoms with Gasteiger partial charge in [0, 0.05) is 11.1 Å². The van der Waals surface area contributed by atoms with E-state index in [0.29, 0.717) is 16.9 Å². The Bertz CT molecular complexity index is 688. The lowest BCUT2D eigenvalue weighted by molar-refractivity contribution is -0.0499. The highest BCUT2D eigenvalue weighted by Gasteiger charge is 2.08. The van der Waals surface area contributed by atoms with Crippen molar-refractivity contribution in [3.8, 4) is 11.5 Å². The van der Waals surface area contributed by atoms with Crippen LogP contribution in [0.15, 0.2) is 53.6 Å². The highest BCUT2D eigenvalue weighted by Crippen LogP contribution is 2.18. The van der Waals surface area contributed by atoms with E-state index >= 15 is 0 Å². The lowest BCUT2D eigenvalue weighted by Crippen LogP contribution is -2.17. The molecule has 1 amide bonds. The lowest BCUT2D eigenvalue weighted by atomic mass is 10.2. The largest absolute Gasteiger partial charge is 0.497 e. The number of nitrogens with one attached hydrogen (secondary N) is 1. The first kappa shape index (κ1) is 16.4. The third kappa shape index (κ3) is 4.77. The number of hydrogen-bond acceptors (Lipinski definition) is 4. The second-order valence-electron chi connectivity index (χ2n) is 4.34. The van der Waals surface area contributed by atoms with Gasteiger partial charge in [-0.25, -0.2) is 5.43 Å². The number of carbonyl (C=O) groups is 1. The standard InChI is InChI=1S/C16H14F2N2O3/c1-22-13-8-6-11(7-9-13)15(21)20-19-10-12-4-2-3-5-14(12)23-16(17)18/h2-10,16H,1H3,(H,20,21)/b19-10-. The van der Waals surface area contributed by atoms with Gasteiger partial charge in [-0.1, -0.05) is 12.1 Å². The summed E-state index contributed by atoms with van der Waals surface area (Å²) in [6.45, 7) is -2.93. The monoisotopic (exact) mass is 320 g/mol. The van der Waals surface area contributed by atoms with Crippen LogP contribution in [0.4, 0.5) is 8.78 Å². The molecule has 0 unspecified atom stereocenters. The summed E-state index contributed by atoms with van der Waals surface area (Å²) >= 11 is 0. The van der Waals surface area contributed by atoms with Gasteiger partial charge in [-0.2, -0.15) is 13.9 Å². The second kappa shape index (κ2) is 7.88. The van der Waals surface area contributed by atoms with Gasteiger partial charge in [-0.05, 0) is 36.4 Å². The number of benzene rings is 2. The molecule has 0 aliphatic heterocycles. The van der Waals surface area contributed by atoms with Gasteiger partial charge < -0.3 is 9.47 Å². The molecule has 2 aromatic rings. The number of halogens is 2. The first-order chi connectivity index (χ1) is 11.1. The summed E-state index contributed by atoms with van der Waals surface area (Å²) in [5.41, 5.74) is 3.02. The van der Waals surface area contributed by atoms with Crippen LogP contribution in [0.3, 0.4) is 0 Å². The van der Waals surface area contributed by atoms with Crippen LogP contribution in [0.5, 0.6) is 11.5 Å². The predicted octanol–water partition coefficient (Wildman–Crippen LogP) is 3.06. The van der Waals surface area contributed by atoms with Crippen LogP contribution < -0.4 is 14.9 Å². The molecular weight excluding hydrogens is 306 g/mol. The maximum absolute atomic E-state index is 12.3.